The van der Waals surface area contributed by atoms with Crippen molar-refractivity contribution < 1.29 is 8.78 Å². The molecule has 5 heteroatoms. The van der Waals surface area contributed by atoms with Gasteiger partial charge in [0.1, 0.15) is 11.6 Å². The lowest BCUT2D eigenvalue weighted by molar-refractivity contribution is 0.565. The molecule has 1 atom stereocenters. The minimum Gasteiger partial charge on any atom is -0.307 e. The summed E-state index contributed by atoms with van der Waals surface area (Å²) < 4.78 is 26.8. The highest BCUT2D eigenvalue weighted by atomic mass is 35.5. The summed E-state index contributed by atoms with van der Waals surface area (Å²) in [6.45, 7) is 2.54. The van der Waals surface area contributed by atoms with Gasteiger partial charge in [0.2, 0.25) is 0 Å². The van der Waals surface area contributed by atoms with E-state index < -0.39 is 11.6 Å². The van der Waals surface area contributed by atoms with Gasteiger partial charge >= 0.3 is 0 Å². The highest BCUT2D eigenvalue weighted by Gasteiger charge is 2.16. The fourth-order valence-electron chi connectivity index (χ4n) is 2.12. The second-order valence-corrected chi connectivity index (χ2v) is 5.27. The van der Waals surface area contributed by atoms with Gasteiger partial charge in [-0.05, 0) is 48.0 Å². The van der Waals surface area contributed by atoms with Gasteiger partial charge in [-0.1, -0.05) is 30.1 Å². The molecule has 0 bridgehead atoms. The molecule has 2 aromatic carbocycles. The van der Waals surface area contributed by atoms with E-state index in [1.165, 1.54) is 12.1 Å². The lowest BCUT2D eigenvalue weighted by Crippen LogP contribution is -2.22. The van der Waals surface area contributed by atoms with Gasteiger partial charge in [0.15, 0.2) is 0 Å². The van der Waals surface area contributed by atoms with E-state index in [4.69, 9.17) is 23.2 Å². The largest absolute Gasteiger partial charge is 0.307 e. The quantitative estimate of drug-likeness (QED) is 0.840. The first-order chi connectivity index (χ1) is 9.49. The summed E-state index contributed by atoms with van der Waals surface area (Å²) in [5.41, 5.74) is 1.25. The van der Waals surface area contributed by atoms with Crippen LogP contribution in [-0.2, 0) is 0 Å². The lowest BCUT2D eigenvalue weighted by atomic mass is 9.98. The van der Waals surface area contributed by atoms with Gasteiger partial charge in [0.05, 0.1) is 6.04 Å². The van der Waals surface area contributed by atoms with Gasteiger partial charge in [-0.25, -0.2) is 8.78 Å². The first-order valence-corrected chi connectivity index (χ1v) is 6.90. The van der Waals surface area contributed by atoms with Gasteiger partial charge in [0.25, 0.3) is 0 Å². The molecule has 0 heterocycles. The number of hydrogen-bond donors (Lipinski definition) is 1. The van der Waals surface area contributed by atoms with Crippen LogP contribution in [0, 0.1) is 11.6 Å². The van der Waals surface area contributed by atoms with Gasteiger partial charge < -0.3 is 5.32 Å². The van der Waals surface area contributed by atoms with Crippen LogP contribution < -0.4 is 5.32 Å². The second-order valence-electron chi connectivity index (χ2n) is 4.40. The highest BCUT2D eigenvalue weighted by Crippen LogP contribution is 2.28. The Morgan fingerprint density at radius 3 is 1.90 bits per heavy atom. The van der Waals surface area contributed by atoms with Gasteiger partial charge in [0, 0.05) is 16.1 Å². The Balaban J connectivity index is 2.49. The molecule has 0 aliphatic rings. The lowest BCUT2D eigenvalue weighted by Gasteiger charge is -2.19. The highest BCUT2D eigenvalue weighted by molar-refractivity contribution is 6.34. The summed E-state index contributed by atoms with van der Waals surface area (Å²) in [6, 6.07) is 8.13. The standard InChI is InChI=1S/C15H13Cl2F2N/c1-2-20-15(9-3-11(16)7-12(17)4-9)10-5-13(18)8-14(19)6-10/h3-8,15,20H,2H2,1H3. The maximum Gasteiger partial charge on any atom is 0.126 e. The molecule has 0 amide bonds. The number of rotatable bonds is 4. The zero-order valence-electron chi connectivity index (χ0n) is 10.8. The third kappa shape index (κ3) is 3.69. The van der Waals surface area contributed by atoms with E-state index in [0.29, 0.717) is 22.2 Å². The average molecular weight is 316 g/mol. The van der Waals surface area contributed by atoms with Crippen LogP contribution in [0.15, 0.2) is 36.4 Å². The van der Waals surface area contributed by atoms with E-state index in [-0.39, 0.29) is 6.04 Å². The van der Waals surface area contributed by atoms with Crippen molar-refractivity contribution in [3.05, 3.63) is 69.2 Å². The van der Waals surface area contributed by atoms with Crippen LogP contribution in [0.3, 0.4) is 0 Å². The van der Waals surface area contributed by atoms with Gasteiger partial charge in [-0.2, -0.15) is 0 Å². The Labute approximate surface area is 126 Å². The maximum atomic E-state index is 13.4. The maximum absolute atomic E-state index is 13.4. The van der Waals surface area contributed by atoms with Crippen molar-refractivity contribution in [2.75, 3.05) is 6.54 Å². The SMILES string of the molecule is CCNC(c1cc(F)cc(F)c1)c1cc(Cl)cc(Cl)c1. The van der Waals surface area contributed by atoms with Crippen LogP contribution in [0.5, 0.6) is 0 Å². The summed E-state index contributed by atoms with van der Waals surface area (Å²) in [4.78, 5) is 0. The average Bonchev–Trinajstić information content (AvgIpc) is 2.33. The molecule has 0 aromatic heterocycles. The molecule has 0 aliphatic heterocycles. The van der Waals surface area contributed by atoms with Crippen molar-refractivity contribution >= 4 is 23.2 Å². The topological polar surface area (TPSA) is 12.0 Å². The second kappa shape index (κ2) is 6.53. The fraction of sp³-hybridized carbons (Fsp3) is 0.200. The minimum absolute atomic E-state index is 0.374. The third-order valence-electron chi connectivity index (χ3n) is 2.84. The summed E-state index contributed by atoms with van der Waals surface area (Å²) in [5.74, 6) is -1.23. The van der Waals surface area contributed by atoms with Crippen LogP contribution in [0.1, 0.15) is 24.1 Å². The van der Waals surface area contributed by atoms with Crippen LogP contribution >= 0.6 is 23.2 Å². The number of benzene rings is 2. The first kappa shape index (κ1) is 15.2. The van der Waals surface area contributed by atoms with Crippen molar-refractivity contribution in [3.63, 3.8) is 0 Å². The summed E-state index contributed by atoms with van der Waals surface area (Å²) in [7, 11) is 0. The van der Waals surface area contributed by atoms with E-state index in [2.05, 4.69) is 5.32 Å². The normalized spacial score (nSPS) is 12.4. The molecule has 1 N–H and O–H groups in total. The predicted molar refractivity (Wildman–Crippen MR) is 78.3 cm³/mol. The van der Waals surface area contributed by atoms with Crippen LogP contribution in [0.4, 0.5) is 8.78 Å². The van der Waals surface area contributed by atoms with E-state index in [1.54, 1.807) is 18.2 Å². The van der Waals surface area contributed by atoms with Crippen LogP contribution in [-0.4, -0.2) is 6.54 Å². The molecule has 2 aromatic rings. The first-order valence-electron chi connectivity index (χ1n) is 6.15. The Morgan fingerprint density at radius 1 is 0.900 bits per heavy atom. The Morgan fingerprint density at radius 2 is 1.40 bits per heavy atom. The van der Waals surface area contributed by atoms with E-state index in [0.717, 1.165) is 11.6 Å². The predicted octanol–water partition coefficient (Wildman–Crippen LogP) is 4.97. The van der Waals surface area contributed by atoms with Gasteiger partial charge in [-0.3, -0.25) is 0 Å². The number of nitrogens with one attached hydrogen (secondary N) is 1. The molecule has 0 spiro atoms. The molecule has 0 saturated carbocycles. The molecule has 0 radical (unpaired) electrons. The number of hydrogen-bond acceptors (Lipinski definition) is 1. The molecule has 1 nitrogen and oxygen atoms in total. The zero-order valence-corrected chi connectivity index (χ0v) is 12.3. The Bertz CT molecular complexity index is 525. The Kier molecular flexibility index (Phi) is 4.97. The number of halogens is 4. The summed E-state index contributed by atoms with van der Waals surface area (Å²) >= 11 is 12.0. The molecule has 1 unspecified atom stereocenters. The van der Waals surface area contributed by atoms with Gasteiger partial charge in [-0.15, -0.1) is 0 Å². The molecule has 0 aliphatic carbocycles. The van der Waals surface area contributed by atoms with Crippen LogP contribution in [0.2, 0.25) is 10.0 Å². The van der Waals surface area contributed by atoms with Crippen molar-refractivity contribution in [2.24, 2.45) is 0 Å². The molecule has 0 saturated heterocycles. The fourth-order valence-corrected chi connectivity index (χ4v) is 2.66. The van der Waals surface area contributed by atoms with Crippen molar-refractivity contribution in [3.8, 4) is 0 Å². The summed E-state index contributed by atoms with van der Waals surface area (Å²) in [5, 5.41) is 4.13. The third-order valence-corrected chi connectivity index (χ3v) is 3.28. The van der Waals surface area contributed by atoms with E-state index in [1.807, 2.05) is 6.92 Å². The monoisotopic (exact) mass is 315 g/mol. The van der Waals surface area contributed by atoms with Crippen LogP contribution in [0.25, 0.3) is 0 Å². The van der Waals surface area contributed by atoms with Crippen molar-refractivity contribution in [2.45, 2.75) is 13.0 Å². The zero-order chi connectivity index (χ0) is 14.7. The Hall–Kier alpha value is -1.16. The minimum atomic E-state index is -0.615. The van der Waals surface area contributed by atoms with E-state index >= 15 is 0 Å². The summed E-state index contributed by atoms with van der Waals surface area (Å²) in [6.07, 6.45) is 0. The van der Waals surface area contributed by atoms with Crippen molar-refractivity contribution in [1.29, 1.82) is 0 Å². The smallest absolute Gasteiger partial charge is 0.126 e. The molecule has 20 heavy (non-hydrogen) atoms. The molecule has 106 valence electrons. The van der Waals surface area contributed by atoms with Crippen molar-refractivity contribution in [1.82, 2.24) is 5.32 Å². The van der Waals surface area contributed by atoms with E-state index in [9.17, 15) is 8.78 Å². The molecule has 0 fully saturated rings. The molecular weight excluding hydrogens is 303 g/mol. The molecular formula is C15H13Cl2F2N. The molecule has 2 rings (SSSR count).